The van der Waals surface area contributed by atoms with Gasteiger partial charge in [0.15, 0.2) is 0 Å². The van der Waals surface area contributed by atoms with Crippen LogP contribution in [0.4, 0.5) is 13.2 Å². The molecule has 0 aromatic carbocycles. The predicted octanol–water partition coefficient (Wildman–Crippen LogP) is 1.69. The zero-order chi connectivity index (χ0) is 14.9. The second kappa shape index (κ2) is 5.03. The Hall–Kier alpha value is -2.25. The molecule has 2 rings (SSSR count). The van der Waals surface area contributed by atoms with Crippen molar-refractivity contribution in [2.24, 2.45) is 5.73 Å². The molecule has 8 heteroatoms. The van der Waals surface area contributed by atoms with Crippen LogP contribution in [0.15, 0.2) is 36.0 Å². The summed E-state index contributed by atoms with van der Waals surface area (Å²) in [4.78, 5) is 16.0. The maximum Gasteiger partial charge on any atom is 0.406 e. The van der Waals surface area contributed by atoms with Gasteiger partial charge in [-0.1, -0.05) is 6.07 Å². The fraction of sp³-hybridized carbons (Fsp3) is 0.333. The van der Waals surface area contributed by atoms with Crippen LogP contribution in [-0.2, 0) is 9.53 Å². The standard InChI is InChI=1S/C12H12F3N3O2/c1-7-9(10(16)19)20-11(8-3-2-4-17-5-8)18(7)6-12(13,14)15/h2-5,11H,6H2,1H3,(H2,16,19). The molecule has 0 saturated heterocycles. The van der Waals surface area contributed by atoms with Gasteiger partial charge in [0.25, 0.3) is 5.91 Å². The molecule has 0 aliphatic carbocycles. The molecule has 1 aromatic rings. The molecule has 2 N–H and O–H groups in total. The van der Waals surface area contributed by atoms with E-state index in [4.69, 9.17) is 10.5 Å². The molecule has 1 aliphatic rings. The highest BCUT2D eigenvalue weighted by Gasteiger charge is 2.41. The SMILES string of the molecule is CC1=C(C(N)=O)OC(c2cccnc2)N1CC(F)(F)F. The van der Waals surface area contributed by atoms with Crippen molar-refractivity contribution in [1.29, 1.82) is 0 Å². The number of hydrogen-bond acceptors (Lipinski definition) is 4. The molecular weight excluding hydrogens is 275 g/mol. The average molecular weight is 287 g/mol. The topological polar surface area (TPSA) is 68.5 Å². The highest BCUT2D eigenvalue weighted by Crippen LogP contribution is 2.37. The Bertz CT molecular complexity index is 543. The van der Waals surface area contributed by atoms with Crippen molar-refractivity contribution in [3.63, 3.8) is 0 Å². The van der Waals surface area contributed by atoms with Crippen LogP contribution in [0, 0.1) is 0 Å². The van der Waals surface area contributed by atoms with Gasteiger partial charge in [-0.15, -0.1) is 0 Å². The van der Waals surface area contributed by atoms with Crippen molar-refractivity contribution in [1.82, 2.24) is 9.88 Å². The number of carbonyl (C=O) groups excluding carboxylic acids is 1. The first kappa shape index (κ1) is 14.2. The van der Waals surface area contributed by atoms with Gasteiger partial charge in [-0.3, -0.25) is 9.78 Å². The summed E-state index contributed by atoms with van der Waals surface area (Å²) in [6, 6.07) is 3.14. The van der Waals surface area contributed by atoms with Crippen LogP contribution in [0.1, 0.15) is 18.7 Å². The summed E-state index contributed by atoms with van der Waals surface area (Å²) in [7, 11) is 0. The van der Waals surface area contributed by atoms with Crippen molar-refractivity contribution >= 4 is 5.91 Å². The Morgan fingerprint density at radius 1 is 1.55 bits per heavy atom. The minimum Gasteiger partial charge on any atom is -0.459 e. The van der Waals surface area contributed by atoms with E-state index < -0.39 is 24.9 Å². The largest absolute Gasteiger partial charge is 0.459 e. The van der Waals surface area contributed by atoms with Crippen molar-refractivity contribution in [2.75, 3.05) is 6.54 Å². The number of carbonyl (C=O) groups is 1. The first-order chi connectivity index (χ1) is 9.29. The maximum absolute atomic E-state index is 12.6. The molecule has 0 radical (unpaired) electrons. The molecule has 0 bridgehead atoms. The Morgan fingerprint density at radius 2 is 2.25 bits per heavy atom. The number of rotatable bonds is 3. The third kappa shape index (κ3) is 2.84. The van der Waals surface area contributed by atoms with Crippen molar-refractivity contribution in [3.05, 3.63) is 41.5 Å². The fourth-order valence-corrected chi connectivity index (χ4v) is 1.97. The van der Waals surface area contributed by atoms with Crippen LogP contribution in [0.5, 0.6) is 0 Å². The first-order valence-corrected chi connectivity index (χ1v) is 5.70. The number of alkyl halides is 3. The molecular formula is C12H12F3N3O2. The molecule has 0 fully saturated rings. The summed E-state index contributed by atoms with van der Waals surface area (Å²) in [5.41, 5.74) is 5.58. The van der Waals surface area contributed by atoms with Gasteiger partial charge in [0.2, 0.25) is 12.0 Å². The van der Waals surface area contributed by atoms with Gasteiger partial charge in [-0.2, -0.15) is 13.2 Å². The molecule has 5 nitrogen and oxygen atoms in total. The van der Waals surface area contributed by atoms with Crippen LogP contribution < -0.4 is 5.73 Å². The number of ether oxygens (including phenoxy) is 1. The Balaban J connectivity index is 2.36. The van der Waals surface area contributed by atoms with Crippen LogP contribution >= 0.6 is 0 Å². The number of halogens is 3. The lowest BCUT2D eigenvalue weighted by atomic mass is 10.2. The molecule has 1 aliphatic heterocycles. The van der Waals surface area contributed by atoms with Gasteiger partial charge in [-0.05, 0) is 13.0 Å². The first-order valence-electron chi connectivity index (χ1n) is 5.70. The number of primary amides is 1. The monoisotopic (exact) mass is 287 g/mol. The highest BCUT2D eigenvalue weighted by atomic mass is 19.4. The number of nitrogens with two attached hydrogens (primary N) is 1. The van der Waals surface area contributed by atoms with Crippen LogP contribution in [0.3, 0.4) is 0 Å². The van der Waals surface area contributed by atoms with Crippen molar-refractivity contribution < 1.29 is 22.7 Å². The maximum atomic E-state index is 12.6. The normalized spacial score (nSPS) is 19.2. The Kier molecular flexibility index (Phi) is 3.56. The summed E-state index contributed by atoms with van der Waals surface area (Å²) in [6.07, 6.45) is -2.63. The lowest BCUT2D eigenvalue weighted by Crippen LogP contribution is -2.33. The summed E-state index contributed by atoms with van der Waals surface area (Å²) in [5.74, 6) is -1.16. The molecule has 108 valence electrons. The number of nitrogens with zero attached hydrogens (tertiary/aromatic N) is 2. The number of hydrogen-bond donors (Lipinski definition) is 1. The van der Waals surface area contributed by atoms with E-state index in [1.54, 1.807) is 12.1 Å². The smallest absolute Gasteiger partial charge is 0.406 e. The minimum absolute atomic E-state index is 0.0590. The number of amides is 1. The van der Waals surface area contributed by atoms with E-state index in [9.17, 15) is 18.0 Å². The average Bonchev–Trinajstić information content (AvgIpc) is 2.67. The third-order valence-corrected chi connectivity index (χ3v) is 2.81. The van der Waals surface area contributed by atoms with Gasteiger partial charge >= 0.3 is 6.18 Å². The quantitative estimate of drug-likeness (QED) is 0.918. The Labute approximate surface area is 112 Å². The second-order valence-electron chi connectivity index (χ2n) is 4.28. The Morgan fingerprint density at radius 3 is 2.75 bits per heavy atom. The van der Waals surface area contributed by atoms with E-state index in [0.717, 1.165) is 4.90 Å². The molecule has 1 amide bonds. The predicted molar refractivity (Wildman–Crippen MR) is 62.7 cm³/mol. The van der Waals surface area contributed by atoms with Crippen molar-refractivity contribution in [3.8, 4) is 0 Å². The van der Waals surface area contributed by atoms with Crippen LogP contribution in [-0.4, -0.2) is 28.5 Å². The molecule has 1 unspecified atom stereocenters. The summed E-state index contributed by atoms with van der Waals surface area (Å²) in [5, 5.41) is 0. The molecule has 1 aromatic heterocycles. The van der Waals surface area contributed by atoms with Gasteiger partial charge in [0.05, 0.1) is 5.70 Å². The van der Waals surface area contributed by atoms with Crippen LogP contribution in [0.2, 0.25) is 0 Å². The molecule has 0 spiro atoms. The minimum atomic E-state index is -4.43. The summed E-state index contributed by atoms with van der Waals surface area (Å²) >= 11 is 0. The molecule has 2 heterocycles. The molecule has 0 saturated carbocycles. The van der Waals surface area contributed by atoms with E-state index in [1.165, 1.54) is 19.3 Å². The molecule has 20 heavy (non-hydrogen) atoms. The van der Waals surface area contributed by atoms with Gasteiger partial charge < -0.3 is 15.4 Å². The zero-order valence-electron chi connectivity index (χ0n) is 10.5. The van der Waals surface area contributed by atoms with Gasteiger partial charge in [-0.25, -0.2) is 0 Å². The fourth-order valence-electron chi connectivity index (χ4n) is 1.97. The van der Waals surface area contributed by atoms with Gasteiger partial charge in [0.1, 0.15) is 6.54 Å². The number of pyridine rings is 1. The lowest BCUT2D eigenvalue weighted by Gasteiger charge is -2.27. The zero-order valence-corrected chi connectivity index (χ0v) is 10.5. The lowest BCUT2D eigenvalue weighted by molar-refractivity contribution is -0.155. The summed E-state index contributed by atoms with van der Waals surface area (Å²) < 4.78 is 43.2. The van der Waals surface area contributed by atoms with Crippen molar-refractivity contribution in [2.45, 2.75) is 19.3 Å². The summed E-state index contributed by atoms with van der Waals surface area (Å²) in [6.45, 7) is 0.122. The van der Waals surface area contributed by atoms with E-state index in [2.05, 4.69) is 4.98 Å². The third-order valence-electron chi connectivity index (χ3n) is 2.81. The van der Waals surface area contributed by atoms with Crippen LogP contribution in [0.25, 0.3) is 0 Å². The van der Waals surface area contributed by atoms with Gasteiger partial charge in [0, 0.05) is 18.0 Å². The molecule has 1 atom stereocenters. The number of allylic oxidation sites excluding steroid dienone is 1. The van der Waals surface area contributed by atoms with E-state index >= 15 is 0 Å². The van der Waals surface area contributed by atoms with E-state index in [0.29, 0.717) is 5.56 Å². The highest BCUT2D eigenvalue weighted by molar-refractivity contribution is 5.90. The second-order valence-corrected chi connectivity index (χ2v) is 4.28. The van der Waals surface area contributed by atoms with E-state index in [1.807, 2.05) is 0 Å². The van der Waals surface area contributed by atoms with E-state index in [-0.39, 0.29) is 11.5 Å². The number of aromatic nitrogens is 1.